The molecular weight excluding hydrogens is 523 g/mol. The smallest absolute Gasteiger partial charge is 0.331 e. The topological polar surface area (TPSA) is 97.8 Å². The number of carbonyl (C=O) groups excluding carboxylic acids is 1. The van der Waals surface area contributed by atoms with Crippen LogP contribution in [0.3, 0.4) is 0 Å². The van der Waals surface area contributed by atoms with Gasteiger partial charge in [-0.2, -0.15) is 0 Å². The number of carbonyl (C=O) groups is 2. The Morgan fingerprint density at radius 3 is 2.64 bits per heavy atom. The normalized spacial score (nSPS) is 12.6. The van der Waals surface area contributed by atoms with Crippen molar-refractivity contribution in [2.24, 2.45) is 0 Å². The fourth-order valence-electron chi connectivity index (χ4n) is 3.86. The van der Waals surface area contributed by atoms with Gasteiger partial charge in [0.2, 0.25) is 0 Å². The molecule has 10 heteroatoms. The second-order valence-electron chi connectivity index (χ2n) is 8.06. The highest BCUT2D eigenvalue weighted by molar-refractivity contribution is 7.16. The molecule has 2 N–H and O–H groups in total. The van der Waals surface area contributed by atoms with E-state index < -0.39 is 11.9 Å². The van der Waals surface area contributed by atoms with E-state index in [4.69, 9.17) is 42.8 Å². The molecule has 36 heavy (non-hydrogen) atoms. The number of aryl methyl sites for hydroxylation is 1. The molecule has 7 nitrogen and oxygen atoms in total. The summed E-state index contributed by atoms with van der Waals surface area (Å²) in [7, 11) is 0. The first-order valence-electron chi connectivity index (χ1n) is 11.3. The number of benzene rings is 2. The number of hydrogen-bond acceptors (Lipinski definition) is 6. The Morgan fingerprint density at radius 2 is 1.94 bits per heavy atom. The van der Waals surface area contributed by atoms with Crippen LogP contribution >= 0.6 is 34.5 Å². The van der Waals surface area contributed by atoms with Gasteiger partial charge in [0.15, 0.2) is 5.13 Å². The lowest BCUT2D eigenvalue weighted by molar-refractivity contribution is -0.132. The van der Waals surface area contributed by atoms with Gasteiger partial charge in [-0.3, -0.25) is 10.1 Å². The molecule has 1 aliphatic carbocycles. The van der Waals surface area contributed by atoms with E-state index in [1.165, 1.54) is 36.5 Å². The molecule has 0 aliphatic heterocycles. The molecule has 1 aliphatic rings. The van der Waals surface area contributed by atoms with Crippen LogP contribution in [0.2, 0.25) is 10.0 Å². The highest BCUT2D eigenvalue weighted by atomic mass is 35.5. The Bertz CT molecular complexity index is 1330. The zero-order valence-electron chi connectivity index (χ0n) is 19.7. The number of carboxylic acid groups (broad SMARTS) is 1. The zero-order chi connectivity index (χ0) is 25.8. The summed E-state index contributed by atoms with van der Waals surface area (Å²) < 4.78 is 11.3. The monoisotopic (exact) mass is 546 g/mol. The lowest BCUT2D eigenvalue weighted by Gasteiger charge is -2.19. The summed E-state index contributed by atoms with van der Waals surface area (Å²) in [5.41, 5.74) is 3.60. The fraction of sp³-hybridized carbons (Fsp3) is 0.269. The summed E-state index contributed by atoms with van der Waals surface area (Å²) in [5, 5.41) is 12.8. The summed E-state index contributed by atoms with van der Waals surface area (Å²) in [4.78, 5) is 29.8. The summed E-state index contributed by atoms with van der Waals surface area (Å²) in [6.45, 7) is 5.04. The second-order valence-corrected chi connectivity index (χ2v) is 9.96. The SMILES string of the molecule is CCOCCOc1cccc2c1CCc1sc(NC(=O)c3cc(Cl)c(/C=C(\C)C(=O)O)c(Cl)c3)nc1-2. The molecule has 0 spiro atoms. The molecule has 0 radical (unpaired) electrons. The predicted octanol–water partition coefficient (Wildman–Crippen LogP) is 6.37. The third-order valence-corrected chi connectivity index (χ3v) is 7.29. The number of nitrogens with zero attached hydrogens (tertiary/aromatic N) is 1. The molecule has 0 atom stereocenters. The number of amides is 1. The van der Waals surface area contributed by atoms with Crippen molar-refractivity contribution in [3.63, 3.8) is 0 Å². The molecule has 0 unspecified atom stereocenters. The number of nitrogens with one attached hydrogen (secondary N) is 1. The van der Waals surface area contributed by atoms with Crippen LogP contribution in [0.25, 0.3) is 17.3 Å². The summed E-state index contributed by atoms with van der Waals surface area (Å²) in [6, 6.07) is 8.82. The molecular formula is C26H24Cl2N2O5S. The molecule has 4 rings (SSSR count). The van der Waals surface area contributed by atoms with Crippen LogP contribution in [-0.2, 0) is 22.4 Å². The van der Waals surface area contributed by atoms with Gasteiger partial charge >= 0.3 is 5.97 Å². The van der Waals surface area contributed by atoms with Crippen molar-refractivity contribution in [3.05, 3.63) is 67.5 Å². The molecule has 2 aromatic carbocycles. The Morgan fingerprint density at radius 1 is 1.19 bits per heavy atom. The van der Waals surface area contributed by atoms with Crippen molar-refractivity contribution < 1.29 is 24.2 Å². The van der Waals surface area contributed by atoms with Crippen LogP contribution in [0.4, 0.5) is 5.13 Å². The number of fused-ring (bicyclic) bond motifs is 3. The highest BCUT2D eigenvalue weighted by Gasteiger charge is 2.24. The van der Waals surface area contributed by atoms with Crippen molar-refractivity contribution in [1.29, 1.82) is 0 Å². The minimum absolute atomic E-state index is 0.0764. The third kappa shape index (κ3) is 5.73. The fourth-order valence-corrected chi connectivity index (χ4v) is 5.43. The molecule has 0 bridgehead atoms. The van der Waals surface area contributed by atoms with Crippen LogP contribution in [-0.4, -0.2) is 41.8 Å². The zero-order valence-corrected chi connectivity index (χ0v) is 22.0. The van der Waals surface area contributed by atoms with Crippen molar-refractivity contribution in [1.82, 2.24) is 4.98 Å². The summed E-state index contributed by atoms with van der Waals surface area (Å²) in [5.74, 6) is -0.668. The lowest BCUT2D eigenvalue weighted by Crippen LogP contribution is -2.12. The molecule has 1 heterocycles. The molecule has 0 saturated carbocycles. The Hall–Kier alpha value is -2.91. The lowest BCUT2D eigenvalue weighted by atomic mass is 9.93. The standard InChI is InChI=1S/C26H24Cl2N2O5S/c1-3-34-9-10-35-21-6-4-5-17-16(21)7-8-22-23(17)29-26(36-22)30-24(31)15-12-19(27)18(20(28)13-15)11-14(2)25(32)33/h4-6,11-13H,3,7-10H2,1-2H3,(H,32,33)(H,29,30,31)/b14-11+. The van der Waals surface area contributed by atoms with E-state index in [0.717, 1.165) is 40.3 Å². The maximum atomic E-state index is 12.9. The van der Waals surface area contributed by atoms with Gasteiger partial charge in [0.25, 0.3) is 5.91 Å². The number of aromatic nitrogens is 1. The van der Waals surface area contributed by atoms with E-state index >= 15 is 0 Å². The van der Waals surface area contributed by atoms with Gasteiger partial charge in [0.05, 0.1) is 22.3 Å². The molecule has 0 fully saturated rings. The van der Waals surface area contributed by atoms with E-state index in [0.29, 0.717) is 30.5 Å². The van der Waals surface area contributed by atoms with Gasteiger partial charge in [-0.1, -0.05) is 35.3 Å². The number of anilines is 1. The van der Waals surface area contributed by atoms with Crippen molar-refractivity contribution >= 4 is 57.6 Å². The van der Waals surface area contributed by atoms with Crippen LogP contribution in [0.1, 0.15) is 40.2 Å². The minimum Gasteiger partial charge on any atom is -0.491 e. The van der Waals surface area contributed by atoms with E-state index in [2.05, 4.69) is 5.32 Å². The van der Waals surface area contributed by atoms with Crippen LogP contribution in [0.5, 0.6) is 5.75 Å². The first kappa shape index (κ1) is 26.2. The maximum absolute atomic E-state index is 12.9. The van der Waals surface area contributed by atoms with Crippen LogP contribution in [0.15, 0.2) is 35.9 Å². The van der Waals surface area contributed by atoms with Crippen LogP contribution in [0, 0.1) is 0 Å². The Balaban J connectivity index is 1.54. The third-order valence-electron chi connectivity index (χ3n) is 5.64. The first-order valence-corrected chi connectivity index (χ1v) is 12.9. The molecule has 0 saturated heterocycles. The Labute approximate surface area is 222 Å². The number of halogens is 2. The van der Waals surface area contributed by atoms with Gasteiger partial charge < -0.3 is 14.6 Å². The van der Waals surface area contributed by atoms with Gasteiger partial charge in [-0.25, -0.2) is 9.78 Å². The Kier molecular flexibility index (Phi) is 8.31. The molecule has 1 aromatic heterocycles. The van der Waals surface area contributed by atoms with Crippen molar-refractivity contribution in [2.75, 3.05) is 25.1 Å². The minimum atomic E-state index is -1.08. The number of ether oxygens (including phenoxy) is 2. The number of carboxylic acids is 1. The largest absolute Gasteiger partial charge is 0.491 e. The van der Waals surface area contributed by atoms with E-state index in [-0.39, 0.29) is 21.2 Å². The number of thiazole rings is 1. The summed E-state index contributed by atoms with van der Waals surface area (Å²) >= 11 is 14.0. The number of rotatable bonds is 9. The number of aliphatic carboxylic acids is 1. The average Bonchev–Trinajstić information content (AvgIpc) is 3.26. The quantitative estimate of drug-likeness (QED) is 0.239. The second kappa shape index (κ2) is 11.4. The van der Waals surface area contributed by atoms with Crippen molar-refractivity contribution in [3.8, 4) is 17.0 Å². The first-order chi connectivity index (χ1) is 17.3. The van der Waals surface area contributed by atoms with E-state index in [9.17, 15) is 9.59 Å². The van der Waals surface area contributed by atoms with Crippen LogP contribution < -0.4 is 10.1 Å². The average molecular weight is 547 g/mol. The summed E-state index contributed by atoms with van der Waals surface area (Å²) in [6.07, 6.45) is 2.98. The van der Waals surface area contributed by atoms with Crippen molar-refractivity contribution in [2.45, 2.75) is 26.7 Å². The van der Waals surface area contributed by atoms with Gasteiger partial charge in [0.1, 0.15) is 12.4 Å². The maximum Gasteiger partial charge on any atom is 0.331 e. The van der Waals surface area contributed by atoms with E-state index in [1.54, 1.807) is 0 Å². The molecule has 188 valence electrons. The van der Waals surface area contributed by atoms with E-state index in [1.807, 2.05) is 25.1 Å². The number of hydrogen-bond donors (Lipinski definition) is 2. The predicted molar refractivity (Wildman–Crippen MR) is 143 cm³/mol. The van der Waals surface area contributed by atoms with Gasteiger partial charge in [-0.05, 0) is 51.0 Å². The van der Waals surface area contributed by atoms with Gasteiger partial charge in [0, 0.05) is 39.3 Å². The highest BCUT2D eigenvalue weighted by Crippen LogP contribution is 2.41. The molecule has 1 amide bonds. The van der Waals surface area contributed by atoms with Gasteiger partial charge in [-0.15, -0.1) is 11.3 Å². The molecule has 3 aromatic rings.